The number of amides is 1. The number of benzene rings is 2. The van der Waals surface area contributed by atoms with Gasteiger partial charge in [0, 0.05) is 17.4 Å². The Morgan fingerprint density at radius 2 is 1.80 bits per heavy atom. The normalized spacial score (nSPS) is 10.2. The Morgan fingerprint density at radius 1 is 1.15 bits per heavy atom. The Kier molecular flexibility index (Phi) is 3.84. The summed E-state index contributed by atoms with van der Waals surface area (Å²) in [6.07, 6.45) is 0. The van der Waals surface area contributed by atoms with E-state index in [1.165, 1.54) is 19.2 Å². The number of ether oxygens (including phenoxy) is 1. The number of hydrogen-bond acceptors (Lipinski definition) is 3. The number of halogens is 2. The molecule has 0 spiro atoms. The highest BCUT2D eigenvalue weighted by molar-refractivity contribution is 6.08. The lowest BCUT2D eigenvalue weighted by Gasteiger charge is -2.09. The second-order valence-electron chi connectivity index (χ2n) is 4.07. The van der Waals surface area contributed by atoms with E-state index in [0.717, 1.165) is 18.2 Å². The number of nitrogen functional groups attached to an aromatic ring is 1. The van der Waals surface area contributed by atoms with Gasteiger partial charge in [0.15, 0.2) is 0 Å². The van der Waals surface area contributed by atoms with Crippen molar-refractivity contribution in [3.8, 4) is 5.75 Å². The van der Waals surface area contributed by atoms with Crippen molar-refractivity contribution in [1.82, 2.24) is 0 Å². The average Bonchev–Trinajstić information content (AvgIpc) is 2.37. The van der Waals surface area contributed by atoms with Gasteiger partial charge in [0.2, 0.25) is 0 Å². The van der Waals surface area contributed by atoms with Crippen molar-refractivity contribution in [3.63, 3.8) is 0 Å². The van der Waals surface area contributed by atoms with Gasteiger partial charge in [-0.25, -0.2) is 8.78 Å². The SMILES string of the molecule is COc1ccc(N)c(C(=O)Nc2cc(F)cc(F)c2)c1. The molecule has 104 valence electrons. The summed E-state index contributed by atoms with van der Waals surface area (Å²) in [6.45, 7) is 0. The zero-order valence-electron chi connectivity index (χ0n) is 10.6. The van der Waals surface area contributed by atoms with Gasteiger partial charge in [0.25, 0.3) is 5.91 Å². The minimum Gasteiger partial charge on any atom is -0.497 e. The summed E-state index contributed by atoms with van der Waals surface area (Å²) in [6, 6.07) is 7.30. The van der Waals surface area contributed by atoms with Gasteiger partial charge in [-0.15, -0.1) is 0 Å². The predicted octanol–water partition coefficient (Wildman–Crippen LogP) is 2.81. The maximum Gasteiger partial charge on any atom is 0.257 e. The lowest BCUT2D eigenvalue weighted by atomic mass is 10.1. The minimum atomic E-state index is -0.779. The molecule has 2 aromatic carbocycles. The van der Waals surface area contributed by atoms with Gasteiger partial charge in [-0.3, -0.25) is 4.79 Å². The molecule has 6 heteroatoms. The maximum atomic E-state index is 13.0. The van der Waals surface area contributed by atoms with E-state index in [0.29, 0.717) is 5.75 Å². The predicted molar refractivity (Wildman–Crippen MR) is 71.7 cm³/mol. The van der Waals surface area contributed by atoms with E-state index in [4.69, 9.17) is 10.5 Å². The Bertz CT molecular complexity index is 639. The van der Waals surface area contributed by atoms with Crippen molar-refractivity contribution in [2.75, 3.05) is 18.2 Å². The van der Waals surface area contributed by atoms with E-state index in [2.05, 4.69) is 5.32 Å². The number of nitrogens with two attached hydrogens (primary N) is 1. The molecule has 0 radical (unpaired) electrons. The number of carbonyl (C=O) groups excluding carboxylic acids is 1. The molecule has 4 nitrogen and oxygen atoms in total. The summed E-state index contributed by atoms with van der Waals surface area (Å²) in [4.78, 5) is 12.0. The molecule has 0 bridgehead atoms. The first kappa shape index (κ1) is 13.8. The highest BCUT2D eigenvalue weighted by atomic mass is 19.1. The van der Waals surface area contributed by atoms with Gasteiger partial charge < -0.3 is 15.8 Å². The van der Waals surface area contributed by atoms with Gasteiger partial charge in [-0.05, 0) is 30.3 Å². The van der Waals surface area contributed by atoms with Crippen molar-refractivity contribution in [2.45, 2.75) is 0 Å². The molecule has 0 saturated carbocycles. The molecule has 0 atom stereocenters. The summed E-state index contributed by atoms with van der Waals surface area (Å²) in [5, 5.41) is 2.38. The Hall–Kier alpha value is -2.63. The van der Waals surface area contributed by atoms with Crippen LogP contribution in [0.3, 0.4) is 0 Å². The average molecular weight is 278 g/mol. The molecular formula is C14H12F2N2O2. The van der Waals surface area contributed by atoms with Crippen LogP contribution < -0.4 is 15.8 Å². The smallest absolute Gasteiger partial charge is 0.257 e. The molecule has 20 heavy (non-hydrogen) atoms. The number of carbonyl (C=O) groups is 1. The van der Waals surface area contributed by atoms with Gasteiger partial charge in [0.05, 0.1) is 12.7 Å². The first-order valence-corrected chi connectivity index (χ1v) is 5.70. The van der Waals surface area contributed by atoms with Crippen LogP contribution in [0.25, 0.3) is 0 Å². The lowest BCUT2D eigenvalue weighted by molar-refractivity contribution is 0.102. The van der Waals surface area contributed by atoms with Crippen molar-refractivity contribution < 1.29 is 18.3 Å². The van der Waals surface area contributed by atoms with Crippen molar-refractivity contribution in [2.24, 2.45) is 0 Å². The molecule has 0 unspecified atom stereocenters. The van der Waals surface area contributed by atoms with E-state index in [1.54, 1.807) is 6.07 Å². The molecule has 0 aliphatic heterocycles. The van der Waals surface area contributed by atoms with Crippen LogP contribution in [0.1, 0.15) is 10.4 Å². The van der Waals surface area contributed by atoms with Crippen molar-refractivity contribution >= 4 is 17.3 Å². The molecular weight excluding hydrogens is 266 g/mol. The quantitative estimate of drug-likeness (QED) is 0.848. The summed E-state index contributed by atoms with van der Waals surface area (Å²) in [5.41, 5.74) is 6.10. The molecule has 0 aromatic heterocycles. The fraction of sp³-hybridized carbons (Fsp3) is 0.0714. The third-order valence-electron chi connectivity index (χ3n) is 2.63. The van der Waals surface area contributed by atoms with E-state index in [1.807, 2.05) is 0 Å². The number of rotatable bonds is 3. The van der Waals surface area contributed by atoms with Crippen molar-refractivity contribution in [1.29, 1.82) is 0 Å². The minimum absolute atomic E-state index is 0.00900. The van der Waals surface area contributed by atoms with Crippen molar-refractivity contribution in [3.05, 3.63) is 53.6 Å². The van der Waals surface area contributed by atoms with E-state index < -0.39 is 17.5 Å². The number of anilines is 2. The van der Waals surface area contributed by atoms with Gasteiger partial charge in [-0.1, -0.05) is 0 Å². The molecule has 2 rings (SSSR count). The van der Waals surface area contributed by atoms with Crippen LogP contribution in [-0.4, -0.2) is 13.0 Å². The fourth-order valence-corrected chi connectivity index (χ4v) is 1.68. The third kappa shape index (κ3) is 3.03. The zero-order chi connectivity index (χ0) is 14.7. The van der Waals surface area contributed by atoms with E-state index in [9.17, 15) is 13.6 Å². The summed E-state index contributed by atoms with van der Waals surface area (Å²) in [7, 11) is 1.45. The molecule has 1 amide bonds. The van der Waals surface area contributed by atoms with Gasteiger partial charge >= 0.3 is 0 Å². The monoisotopic (exact) mass is 278 g/mol. The fourth-order valence-electron chi connectivity index (χ4n) is 1.68. The third-order valence-corrected chi connectivity index (χ3v) is 2.63. The Balaban J connectivity index is 2.27. The van der Waals surface area contributed by atoms with E-state index >= 15 is 0 Å². The number of hydrogen-bond donors (Lipinski definition) is 2. The lowest BCUT2D eigenvalue weighted by Crippen LogP contribution is -2.14. The summed E-state index contributed by atoms with van der Waals surface area (Å²) in [5.74, 6) is -1.68. The van der Waals surface area contributed by atoms with Crippen LogP contribution in [0.15, 0.2) is 36.4 Å². The molecule has 0 aliphatic carbocycles. The highest BCUT2D eigenvalue weighted by Crippen LogP contribution is 2.21. The Morgan fingerprint density at radius 3 is 2.40 bits per heavy atom. The zero-order valence-corrected chi connectivity index (χ0v) is 10.6. The highest BCUT2D eigenvalue weighted by Gasteiger charge is 2.12. The van der Waals surface area contributed by atoms with Crippen LogP contribution in [0.2, 0.25) is 0 Å². The summed E-state index contributed by atoms with van der Waals surface area (Å²) < 4.78 is 31.1. The Labute approximate surface area is 114 Å². The first-order chi connectivity index (χ1) is 9.49. The molecule has 0 heterocycles. The molecule has 3 N–H and O–H groups in total. The maximum absolute atomic E-state index is 13.0. The topological polar surface area (TPSA) is 64.3 Å². The van der Waals surface area contributed by atoms with Crippen LogP contribution in [0.4, 0.5) is 20.2 Å². The van der Waals surface area contributed by atoms with Crippen LogP contribution in [0, 0.1) is 11.6 Å². The number of methoxy groups -OCH3 is 1. The second kappa shape index (κ2) is 5.56. The second-order valence-corrected chi connectivity index (χ2v) is 4.07. The standard InChI is InChI=1S/C14H12F2N2O2/c1-20-11-2-3-13(17)12(7-11)14(19)18-10-5-8(15)4-9(16)6-10/h2-7H,17H2,1H3,(H,18,19). The molecule has 2 aromatic rings. The van der Waals surface area contributed by atoms with Gasteiger partial charge in [0.1, 0.15) is 17.4 Å². The van der Waals surface area contributed by atoms with Crippen LogP contribution in [-0.2, 0) is 0 Å². The van der Waals surface area contributed by atoms with E-state index in [-0.39, 0.29) is 16.9 Å². The number of nitrogens with one attached hydrogen (secondary N) is 1. The largest absolute Gasteiger partial charge is 0.497 e. The first-order valence-electron chi connectivity index (χ1n) is 5.70. The molecule has 0 fully saturated rings. The van der Waals surface area contributed by atoms with Crippen LogP contribution in [0.5, 0.6) is 5.75 Å². The molecule has 0 saturated heterocycles. The van der Waals surface area contributed by atoms with Crippen LogP contribution >= 0.6 is 0 Å². The van der Waals surface area contributed by atoms with Gasteiger partial charge in [-0.2, -0.15) is 0 Å². The summed E-state index contributed by atoms with van der Waals surface area (Å²) >= 11 is 0. The molecule has 0 aliphatic rings.